The number of hydrogen-bond acceptors (Lipinski definition) is 4. The van der Waals surface area contributed by atoms with Gasteiger partial charge in [0.2, 0.25) is 0 Å². The summed E-state index contributed by atoms with van der Waals surface area (Å²) in [6, 6.07) is 16.6. The van der Waals surface area contributed by atoms with Crippen LogP contribution < -0.4 is 4.90 Å². The predicted octanol–water partition coefficient (Wildman–Crippen LogP) is 4.54. The second kappa shape index (κ2) is 9.05. The van der Waals surface area contributed by atoms with Crippen LogP contribution in [-0.4, -0.2) is 53.8 Å². The molecule has 2 aromatic carbocycles. The number of piperazine rings is 1. The van der Waals surface area contributed by atoms with Gasteiger partial charge in [-0.25, -0.2) is 0 Å². The smallest absolute Gasteiger partial charge is 0.278 e. The molecule has 172 valence electrons. The molecular weight excluding hydrogens is 410 g/mol. The molecule has 2 amide bonds. The topological polar surface area (TPSA) is 43.9 Å². The standard InChI is InChI=1S/C28H33N3O2/c1-20-13-14-24(21(2)19-20)25-26(28(33)31(27(25)32)23-11-7-4-8-12-23)30-17-15-29(16-18-30)22-9-5-3-6-10-22/h3,5-6,9-10,13-14,19,23H,4,7-8,11-12,15-18H2,1-2H3. The summed E-state index contributed by atoms with van der Waals surface area (Å²) in [6.45, 7) is 7.23. The molecule has 5 rings (SSSR count). The highest BCUT2D eigenvalue weighted by molar-refractivity contribution is 6.36. The molecule has 0 N–H and O–H groups in total. The second-order valence-electron chi connectivity index (χ2n) is 9.62. The molecule has 3 aliphatic rings. The summed E-state index contributed by atoms with van der Waals surface area (Å²) in [4.78, 5) is 33.7. The van der Waals surface area contributed by atoms with E-state index in [9.17, 15) is 9.59 Å². The van der Waals surface area contributed by atoms with Crippen LogP contribution >= 0.6 is 0 Å². The SMILES string of the molecule is Cc1ccc(C2=C(N3CCN(c4ccccc4)CC3)C(=O)N(C3CCCCC3)C2=O)c(C)c1. The van der Waals surface area contributed by atoms with Crippen molar-refractivity contribution in [2.75, 3.05) is 31.1 Å². The third-order valence-electron chi connectivity index (χ3n) is 7.40. The van der Waals surface area contributed by atoms with Crippen LogP contribution in [0.25, 0.3) is 5.57 Å². The maximum absolute atomic E-state index is 13.8. The van der Waals surface area contributed by atoms with Crippen molar-refractivity contribution in [3.05, 3.63) is 70.9 Å². The Labute approximate surface area is 196 Å². The van der Waals surface area contributed by atoms with Gasteiger partial charge in [-0.15, -0.1) is 0 Å². The summed E-state index contributed by atoms with van der Waals surface area (Å²) in [6.07, 6.45) is 5.22. The minimum atomic E-state index is -0.0978. The first-order valence-electron chi connectivity index (χ1n) is 12.3. The molecule has 1 aliphatic carbocycles. The monoisotopic (exact) mass is 443 g/mol. The van der Waals surface area contributed by atoms with E-state index in [1.165, 1.54) is 12.1 Å². The summed E-state index contributed by atoms with van der Waals surface area (Å²) in [5.41, 5.74) is 5.55. The third kappa shape index (κ3) is 4.05. The lowest BCUT2D eigenvalue weighted by molar-refractivity contribution is -0.141. The Morgan fingerprint density at radius 3 is 2.09 bits per heavy atom. The van der Waals surface area contributed by atoms with E-state index in [1.54, 1.807) is 4.90 Å². The van der Waals surface area contributed by atoms with Crippen molar-refractivity contribution in [2.24, 2.45) is 0 Å². The average molecular weight is 444 g/mol. The van der Waals surface area contributed by atoms with E-state index in [2.05, 4.69) is 47.1 Å². The van der Waals surface area contributed by atoms with E-state index in [0.717, 1.165) is 68.6 Å². The van der Waals surface area contributed by atoms with Crippen molar-refractivity contribution in [1.29, 1.82) is 0 Å². The van der Waals surface area contributed by atoms with E-state index in [0.29, 0.717) is 11.3 Å². The van der Waals surface area contributed by atoms with Crippen LogP contribution in [0.4, 0.5) is 5.69 Å². The fourth-order valence-corrected chi connectivity index (χ4v) is 5.66. The Hall–Kier alpha value is -3.08. The lowest BCUT2D eigenvalue weighted by atomic mass is 9.94. The van der Waals surface area contributed by atoms with Gasteiger partial charge in [-0.3, -0.25) is 14.5 Å². The number of para-hydroxylation sites is 1. The van der Waals surface area contributed by atoms with Crippen molar-refractivity contribution >= 4 is 23.1 Å². The molecule has 2 aliphatic heterocycles. The van der Waals surface area contributed by atoms with Crippen LogP contribution in [0.15, 0.2) is 54.2 Å². The quantitative estimate of drug-likeness (QED) is 0.651. The Kier molecular flexibility index (Phi) is 5.96. The average Bonchev–Trinajstić information content (AvgIpc) is 3.10. The molecule has 0 unspecified atom stereocenters. The van der Waals surface area contributed by atoms with Crippen molar-refractivity contribution in [2.45, 2.75) is 52.0 Å². The number of carbonyl (C=O) groups is 2. The van der Waals surface area contributed by atoms with Crippen LogP contribution in [-0.2, 0) is 9.59 Å². The molecule has 33 heavy (non-hydrogen) atoms. The molecular formula is C28H33N3O2. The van der Waals surface area contributed by atoms with Gasteiger partial charge in [0.1, 0.15) is 5.70 Å². The Morgan fingerprint density at radius 2 is 1.42 bits per heavy atom. The molecule has 5 nitrogen and oxygen atoms in total. The largest absolute Gasteiger partial charge is 0.368 e. The molecule has 0 bridgehead atoms. The van der Waals surface area contributed by atoms with Gasteiger partial charge in [0.05, 0.1) is 5.57 Å². The highest BCUT2D eigenvalue weighted by atomic mass is 16.2. The number of benzene rings is 2. The van der Waals surface area contributed by atoms with Gasteiger partial charge in [0.25, 0.3) is 11.8 Å². The summed E-state index contributed by atoms with van der Waals surface area (Å²) < 4.78 is 0. The normalized spacial score (nSPS) is 20.2. The number of anilines is 1. The van der Waals surface area contributed by atoms with E-state index in [1.807, 2.05) is 25.1 Å². The summed E-state index contributed by atoms with van der Waals surface area (Å²) in [7, 11) is 0. The van der Waals surface area contributed by atoms with Crippen LogP contribution in [0.5, 0.6) is 0 Å². The number of carbonyl (C=O) groups excluding carboxylic acids is 2. The van der Waals surface area contributed by atoms with Gasteiger partial charge in [0.15, 0.2) is 0 Å². The molecule has 5 heteroatoms. The van der Waals surface area contributed by atoms with Crippen LogP contribution in [0.3, 0.4) is 0 Å². The minimum absolute atomic E-state index is 0.0302. The lowest BCUT2D eigenvalue weighted by Gasteiger charge is -2.38. The lowest BCUT2D eigenvalue weighted by Crippen LogP contribution is -2.48. The summed E-state index contributed by atoms with van der Waals surface area (Å²) in [5, 5.41) is 0. The molecule has 2 heterocycles. The molecule has 2 fully saturated rings. The van der Waals surface area contributed by atoms with Gasteiger partial charge in [-0.05, 0) is 49.9 Å². The van der Waals surface area contributed by atoms with Gasteiger partial charge < -0.3 is 9.80 Å². The number of nitrogens with zero attached hydrogens (tertiary/aromatic N) is 3. The zero-order valence-corrected chi connectivity index (χ0v) is 19.7. The van der Waals surface area contributed by atoms with Crippen molar-refractivity contribution in [1.82, 2.24) is 9.80 Å². The second-order valence-corrected chi connectivity index (χ2v) is 9.62. The molecule has 0 radical (unpaired) electrons. The van der Waals surface area contributed by atoms with E-state index in [-0.39, 0.29) is 17.9 Å². The Bertz CT molecular complexity index is 1080. The summed E-state index contributed by atoms with van der Waals surface area (Å²) in [5.74, 6) is -0.186. The zero-order chi connectivity index (χ0) is 22.9. The van der Waals surface area contributed by atoms with E-state index in [4.69, 9.17) is 0 Å². The molecule has 0 spiro atoms. The first kappa shape index (κ1) is 21.7. The molecule has 0 aromatic heterocycles. The Balaban J connectivity index is 1.49. The Morgan fingerprint density at radius 1 is 0.758 bits per heavy atom. The van der Waals surface area contributed by atoms with Gasteiger partial charge in [0, 0.05) is 37.9 Å². The first-order chi connectivity index (χ1) is 16.0. The first-order valence-corrected chi connectivity index (χ1v) is 12.3. The van der Waals surface area contributed by atoms with Gasteiger partial charge >= 0.3 is 0 Å². The van der Waals surface area contributed by atoms with Gasteiger partial charge in [-0.1, -0.05) is 61.2 Å². The number of amides is 2. The fourth-order valence-electron chi connectivity index (χ4n) is 5.66. The highest BCUT2D eigenvalue weighted by Gasteiger charge is 2.45. The number of imide groups is 1. The number of aryl methyl sites for hydroxylation is 2. The molecule has 1 saturated carbocycles. The molecule has 2 aromatic rings. The fraction of sp³-hybridized carbons (Fsp3) is 0.429. The van der Waals surface area contributed by atoms with E-state index >= 15 is 0 Å². The maximum atomic E-state index is 13.8. The maximum Gasteiger partial charge on any atom is 0.278 e. The number of rotatable bonds is 4. The van der Waals surface area contributed by atoms with Crippen LogP contribution in [0.2, 0.25) is 0 Å². The zero-order valence-electron chi connectivity index (χ0n) is 19.7. The van der Waals surface area contributed by atoms with Crippen LogP contribution in [0.1, 0.15) is 48.8 Å². The van der Waals surface area contributed by atoms with Gasteiger partial charge in [-0.2, -0.15) is 0 Å². The van der Waals surface area contributed by atoms with Crippen LogP contribution in [0, 0.1) is 13.8 Å². The third-order valence-corrected chi connectivity index (χ3v) is 7.40. The summed E-state index contributed by atoms with van der Waals surface area (Å²) >= 11 is 0. The van der Waals surface area contributed by atoms with Crippen molar-refractivity contribution in [3.8, 4) is 0 Å². The minimum Gasteiger partial charge on any atom is -0.368 e. The van der Waals surface area contributed by atoms with Crippen molar-refractivity contribution < 1.29 is 9.59 Å². The molecule has 0 atom stereocenters. The van der Waals surface area contributed by atoms with Crippen molar-refractivity contribution in [3.63, 3.8) is 0 Å². The predicted molar refractivity (Wildman–Crippen MR) is 132 cm³/mol. The van der Waals surface area contributed by atoms with E-state index < -0.39 is 0 Å². The number of hydrogen-bond donors (Lipinski definition) is 0. The molecule has 1 saturated heterocycles. The highest BCUT2D eigenvalue weighted by Crippen LogP contribution is 2.37.